The van der Waals surface area contributed by atoms with Gasteiger partial charge in [0.05, 0.1) is 0 Å². The van der Waals surface area contributed by atoms with Crippen LogP contribution in [0.1, 0.15) is 0 Å². The van der Waals surface area contributed by atoms with Crippen LogP contribution in [0.15, 0.2) is 194 Å². The van der Waals surface area contributed by atoms with E-state index in [9.17, 15) is 0 Å². The van der Waals surface area contributed by atoms with Crippen LogP contribution >= 0.6 is 0 Å². The summed E-state index contributed by atoms with van der Waals surface area (Å²) in [7, 11) is 0. The summed E-state index contributed by atoms with van der Waals surface area (Å²) in [6, 6.07) is 70.8. The monoisotopic (exact) mass is 696 g/mol. The molecule has 1 aliphatic heterocycles. The largest absolute Gasteiger partial charge is 0.456 e. The molecular formula is C54H32O. The number of ether oxygens (including phenoxy) is 1. The minimum atomic E-state index is 0.891. The predicted octanol–water partition coefficient (Wildman–Crippen LogP) is 15.2. The van der Waals surface area contributed by atoms with Crippen molar-refractivity contribution in [1.82, 2.24) is 0 Å². The van der Waals surface area contributed by atoms with Gasteiger partial charge < -0.3 is 4.74 Å². The van der Waals surface area contributed by atoms with Gasteiger partial charge in [-0.3, -0.25) is 0 Å². The highest BCUT2D eigenvalue weighted by molar-refractivity contribution is 6.27. The minimum absolute atomic E-state index is 0.891. The lowest BCUT2D eigenvalue weighted by atomic mass is 9.82. The molecule has 0 radical (unpaired) electrons. The molecule has 1 aliphatic carbocycles. The Morgan fingerprint density at radius 3 is 1.47 bits per heavy atom. The summed E-state index contributed by atoms with van der Waals surface area (Å²) < 4.78 is 6.58. The van der Waals surface area contributed by atoms with Crippen LogP contribution in [0.5, 0.6) is 11.5 Å². The zero-order chi connectivity index (χ0) is 36.0. The molecule has 0 atom stereocenters. The summed E-state index contributed by atoms with van der Waals surface area (Å²) in [5, 5.41) is 7.54. The first-order chi connectivity index (χ1) is 27.3. The molecule has 0 saturated carbocycles. The molecule has 0 bridgehead atoms. The second-order valence-corrected chi connectivity index (χ2v) is 14.7. The van der Waals surface area contributed by atoms with Gasteiger partial charge in [-0.05, 0) is 117 Å². The standard InChI is InChI=1S/C54H32O/c1-3-12-34(13-4-1)39-29-31-48-52-40(39)20-11-21-43(52)46-32-38(28-30-47(46)55-48)33-24-26-37(27-25-33)51-42-19-8-7-18-41(42)50(36-14-5-2-6-15-36)53-44-22-9-16-35-17-10-23-45(49(35)44)54(51)53/h1-32H. The Morgan fingerprint density at radius 1 is 0.255 bits per heavy atom. The Balaban J connectivity index is 1.02. The average molecular weight is 697 g/mol. The second-order valence-electron chi connectivity index (χ2n) is 14.7. The predicted molar refractivity (Wildman–Crippen MR) is 231 cm³/mol. The molecule has 0 amide bonds. The fraction of sp³-hybridized carbons (Fsp3) is 0. The lowest BCUT2D eigenvalue weighted by Gasteiger charge is -2.23. The van der Waals surface area contributed by atoms with E-state index in [0.29, 0.717) is 0 Å². The van der Waals surface area contributed by atoms with Crippen LogP contribution in [0, 0.1) is 0 Å². The van der Waals surface area contributed by atoms with Gasteiger partial charge in [-0.2, -0.15) is 0 Å². The van der Waals surface area contributed by atoms with Crippen molar-refractivity contribution < 1.29 is 4.74 Å². The molecule has 0 saturated heterocycles. The van der Waals surface area contributed by atoms with Crippen LogP contribution in [-0.4, -0.2) is 0 Å². The molecule has 55 heavy (non-hydrogen) atoms. The lowest BCUT2D eigenvalue weighted by Crippen LogP contribution is -1.98. The summed E-state index contributed by atoms with van der Waals surface area (Å²) in [6.45, 7) is 0. The number of benzene rings is 10. The van der Waals surface area contributed by atoms with Crippen molar-refractivity contribution in [2.75, 3.05) is 0 Å². The van der Waals surface area contributed by atoms with Crippen molar-refractivity contribution in [1.29, 1.82) is 0 Å². The van der Waals surface area contributed by atoms with E-state index < -0.39 is 0 Å². The molecule has 12 rings (SSSR count). The highest BCUT2D eigenvalue weighted by atomic mass is 16.5. The van der Waals surface area contributed by atoms with Crippen LogP contribution in [0.25, 0.3) is 110 Å². The molecule has 0 fully saturated rings. The van der Waals surface area contributed by atoms with Gasteiger partial charge in [-0.25, -0.2) is 0 Å². The van der Waals surface area contributed by atoms with Crippen LogP contribution in [0.2, 0.25) is 0 Å². The van der Waals surface area contributed by atoms with Gasteiger partial charge in [0.15, 0.2) is 0 Å². The van der Waals surface area contributed by atoms with E-state index >= 15 is 0 Å². The fourth-order valence-corrected chi connectivity index (χ4v) is 9.45. The third-order valence-electron chi connectivity index (χ3n) is 11.8. The molecular weight excluding hydrogens is 665 g/mol. The summed E-state index contributed by atoms with van der Waals surface area (Å²) in [4.78, 5) is 0. The zero-order valence-electron chi connectivity index (χ0n) is 29.9. The molecule has 254 valence electrons. The first-order valence-electron chi connectivity index (χ1n) is 19.0. The SMILES string of the molecule is c1ccc(-c2c3c(c(-c4ccc(-c5ccc6c(c5)-c5cccc7c(-c8ccccc8)ccc(c57)O6)cc4)c4ccccc24)-c2cccc4cccc-3c24)cc1. The molecule has 0 spiro atoms. The molecule has 10 aromatic carbocycles. The topological polar surface area (TPSA) is 9.23 Å². The highest BCUT2D eigenvalue weighted by Gasteiger charge is 2.30. The number of hydrogen-bond acceptors (Lipinski definition) is 1. The normalized spacial score (nSPS) is 12.1. The molecule has 0 N–H and O–H groups in total. The van der Waals surface area contributed by atoms with E-state index in [1.165, 1.54) is 105 Å². The Labute approximate surface area is 319 Å². The third kappa shape index (κ3) is 4.41. The van der Waals surface area contributed by atoms with Gasteiger partial charge in [-0.1, -0.05) is 176 Å². The molecule has 1 heteroatoms. The molecule has 0 unspecified atom stereocenters. The van der Waals surface area contributed by atoms with E-state index in [1.54, 1.807) is 0 Å². The summed E-state index contributed by atoms with van der Waals surface area (Å²) in [6.07, 6.45) is 0. The highest BCUT2D eigenvalue weighted by Crippen LogP contribution is 2.58. The van der Waals surface area contributed by atoms with Gasteiger partial charge in [0, 0.05) is 10.9 Å². The van der Waals surface area contributed by atoms with Crippen LogP contribution in [0.4, 0.5) is 0 Å². The first kappa shape index (κ1) is 30.3. The third-order valence-corrected chi connectivity index (χ3v) is 11.8. The van der Waals surface area contributed by atoms with Crippen LogP contribution in [0.3, 0.4) is 0 Å². The maximum absolute atomic E-state index is 6.58. The number of fused-ring (bicyclic) bond motifs is 6. The number of rotatable bonds is 4. The van der Waals surface area contributed by atoms with Crippen LogP contribution < -0.4 is 4.74 Å². The smallest absolute Gasteiger partial charge is 0.135 e. The van der Waals surface area contributed by atoms with Gasteiger partial charge in [0.25, 0.3) is 0 Å². The molecule has 2 aliphatic rings. The van der Waals surface area contributed by atoms with Crippen molar-refractivity contribution in [2.45, 2.75) is 0 Å². The molecule has 0 aromatic heterocycles. The van der Waals surface area contributed by atoms with Gasteiger partial charge in [0.1, 0.15) is 11.5 Å². The quantitative estimate of drug-likeness (QED) is 0.178. The zero-order valence-corrected chi connectivity index (χ0v) is 29.9. The summed E-state index contributed by atoms with van der Waals surface area (Å²) in [5.74, 6) is 1.80. The number of hydrogen-bond donors (Lipinski definition) is 0. The summed E-state index contributed by atoms with van der Waals surface area (Å²) in [5.41, 5.74) is 17.4. The minimum Gasteiger partial charge on any atom is -0.456 e. The van der Waals surface area contributed by atoms with E-state index in [2.05, 4.69) is 194 Å². The Bertz CT molecular complexity index is 3190. The van der Waals surface area contributed by atoms with Crippen molar-refractivity contribution in [3.05, 3.63) is 194 Å². The van der Waals surface area contributed by atoms with Crippen molar-refractivity contribution >= 4 is 32.3 Å². The van der Waals surface area contributed by atoms with E-state index in [4.69, 9.17) is 4.74 Å². The van der Waals surface area contributed by atoms with E-state index in [-0.39, 0.29) is 0 Å². The van der Waals surface area contributed by atoms with E-state index in [1.807, 2.05) is 0 Å². The first-order valence-corrected chi connectivity index (χ1v) is 19.0. The van der Waals surface area contributed by atoms with E-state index in [0.717, 1.165) is 17.1 Å². The maximum Gasteiger partial charge on any atom is 0.135 e. The molecule has 1 heterocycles. The summed E-state index contributed by atoms with van der Waals surface area (Å²) >= 11 is 0. The lowest BCUT2D eigenvalue weighted by molar-refractivity contribution is 0.487. The molecule has 1 nitrogen and oxygen atoms in total. The van der Waals surface area contributed by atoms with Crippen LogP contribution in [-0.2, 0) is 0 Å². The maximum atomic E-state index is 6.58. The Hall–Kier alpha value is -7.22. The molecule has 10 aromatic rings. The van der Waals surface area contributed by atoms with Gasteiger partial charge in [-0.15, -0.1) is 0 Å². The fourth-order valence-electron chi connectivity index (χ4n) is 9.45. The second kappa shape index (κ2) is 11.6. The van der Waals surface area contributed by atoms with Gasteiger partial charge in [0.2, 0.25) is 0 Å². The van der Waals surface area contributed by atoms with Crippen molar-refractivity contribution in [3.63, 3.8) is 0 Å². The Kier molecular flexibility index (Phi) is 6.40. The average Bonchev–Trinajstić information content (AvgIpc) is 3.58. The van der Waals surface area contributed by atoms with Gasteiger partial charge >= 0.3 is 0 Å². The van der Waals surface area contributed by atoms with Crippen molar-refractivity contribution in [2.24, 2.45) is 0 Å². The van der Waals surface area contributed by atoms with Crippen molar-refractivity contribution in [3.8, 4) is 89.4 Å². The Morgan fingerprint density at radius 2 is 0.782 bits per heavy atom.